The Morgan fingerprint density at radius 2 is 1.43 bits per heavy atom. The fourth-order valence-corrected chi connectivity index (χ4v) is 4.78. The number of nitro groups is 1. The van der Waals surface area contributed by atoms with Crippen LogP contribution < -0.4 is 9.47 Å². The fraction of sp³-hybridized carbons (Fsp3) is 0.208. The lowest BCUT2D eigenvalue weighted by Gasteiger charge is -2.23. The normalized spacial score (nSPS) is 11.2. The highest BCUT2D eigenvalue weighted by Gasteiger charge is 2.26. The minimum atomic E-state index is -4.06. The maximum Gasteiger partial charge on any atom is 0.337 e. The predicted octanol–water partition coefficient (Wildman–Crippen LogP) is 3.79. The molecule has 0 aromatic heterocycles. The summed E-state index contributed by atoms with van der Waals surface area (Å²) in [4.78, 5) is 22.0. The van der Waals surface area contributed by atoms with E-state index in [4.69, 9.17) is 14.2 Å². The van der Waals surface area contributed by atoms with Crippen LogP contribution in [0.5, 0.6) is 11.5 Å². The molecule has 0 radical (unpaired) electrons. The number of carbonyl (C=O) groups excluding carboxylic acids is 1. The number of hydrogen-bond donors (Lipinski definition) is 0. The van der Waals surface area contributed by atoms with Crippen LogP contribution in [0.25, 0.3) is 0 Å². The molecule has 0 saturated carbocycles. The van der Waals surface area contributed by atoms with Crippen molar-refractivity contribution in [2.24, 2.45) is 0 Å². The highest BCUT2D eigenvalue weighted by Crippen LogP contribution is 2.30. The lowest BCUT2D eigenvalue weighted by molar-refractivity contribution is -0.384. The van der Waals surface area contributed by atoms with Crippen molar-refractivity contribution < 1.29 is 32.3 Å². The van der Waals surface area contributed by atoms with Crippen molar-refractivity contribution >= 4 is 21.7 Å². The summed E-state index contributed by atoms with van der Waals surface area (Å²) in [6.45, 7) is -0.0342. The smallest absolute Gasteiger partial charge is 0.337 e. The van der Waals surface area contributed by atoms with Crippen LogP contribution in [-0.4, -0.2) is 44.9 Å². The van der Waals surface area contributed by atoms with Crippen LogP contribution in [0, 0.1) is 10.1 Å². The van der Waals surface area contributed by atoms with Crippen molar-refractivity contribution in [1.82, 2.24) is 4.31 Å². The summed E-state index contributed by atoms with van der Waals surface area (Å²) >= 11 is 0. The van der Waals surface area contributed by atoms with E-state index in [0.717, 1.165) is 12.1 Å². The van der Waals surface area contributed by atoms with Crippen molar-refractivity contribution in [2.45, 2.75) is 18.0 Å². The highest BCUT2D eigenvalue weighted by atomic mass is 32.2. The van der Waals surface area contributed by atoms with Crippen LogP contribution >= 0.6 is 0 Å². The SMILES string of the molecule is COC(=O)c1ccc(CN(Cc2ccc(OC)c(OC)c2)S(=O)(=O)c2ccc([N+](=O)[O-])cc2)cc1. The van der Waals surface area contributed by atoms with Gasteiger partial charge in [0.15, 0.2) is 11.5 Å². The Morgan fingerprint density at radius 3 is 1.97 bits per heavy atom. The minimum Gasteiger partial charge on any atom is -0.493 e. The zero-order chi connectivity index (χ0) is 25.6. The topological polar surface area (TPSA) is 125 Å². The number of esters is 1. The Morgan fingerprint density at radius 1 is 0.857 bits per heavy atom. The third-order valence-corrected chi connectivity index (χ3v) is 7.03. The van der Waals surface area contributed by atoms with Gasteiger partial charge in [0.25, 0.3) is 5.69 Å². The minimum absolute atomic E-state index is 0.0154. The molecule has 0 N–H and O–H groups in total. The Balaban J connectivity index is 1.99. The van der Waals surface area contributed by atoms with Gasteiger partial charge >= 0.3 is 5.97 Å². The predicted molar refractivity (Wildman–Crippen MR) is 127 cm³/mol. The molecule has 3 rings (SSSR count). The van der Waals surface area contributed by atoms with E-state index >= 15 is 0 Å². The van der Waals surface area contributed by atoms with Crippen molar-refractivity contribution in [2.75, 3.05) is 21.3 Å². The Kier molecular flexibility index (Phi) is 8.05. The second kappa shape index (κ2) is 11.0. The molecule has 0 saturated heterocycles. The summed E-state index contributed by atoms with van der Waals surface area (Å²) in [6.07, 6.45) is 0. The van der Waals surface area contributed by atoms with Crippen molar-refractivity contribution in [3.63, 3.8) is 0 Å². The van der Waals surface area contributed by atoms with E-state index in [1.54, 1.807) is 42.5 Å². The first-order chi connectivity index (χ1) is 16.7. The number of carbonyl (C=O) groups is 1. The van der Waals surface area contributed by atoms with Crippen LogP contribution in [0.1, 0.15) is 21.5 Å². The molecule has 0 fully saturated rings. The maximum atomic E-state index is 13.5. The Hall–Kier alpha value is -3.96. The average Bonchev–Trinajstić information content (AvgIpc) is 2.88. The van der Waals surface area contributed by atoms with Crippen molar-refractivity contribution in [1.29, 1.82) is 0 Å². The molecule has 0 spiro atoms. The van der Waals surface area contributed by atoms with Gasteiger partial charge in [0.2, 0.25) is 10.0 Å². The first kappa shape index (κ1) is 25.7. The van der Waals surface area contributed by atoms with Gasteiger partial charge in [-0.15, -0.1) is 0 Å². The van der Waals surface area contributed by atoms with Gasteiger partial charge in [-0.25, -0.2) is 13.2 Å². The monoisotopic (exact) mass is 500 g/mol. The van der Waals surface area contributed by atoms with Gasteiger partial charge in [-0.05, 0) is 47.5 Å². The number of nitrogens with zero attached hydrogens (tertiary/aromatic N) is 2. The third-order valence-electron chi connectivity index (χ3n) is 5.23. The molecule has 0 bridgehead atoms. The van der Waals surface area contributed by atoms with Crippen LogP contribution in [0.2, 0.25) is 0 Å². The van der Waals surface area contributed by atoms with E-state index in [9.17, 15) is 23.3 Å². The van der Waals surface area contributed by atoms with E-state index in [2.05, 4.69) is 0 Å². The number of sulfonamides is 1. The number of rotatable bonds is 10. The molecule has 0 aliphatic heterocycles. The molecular formula is C24H24N2O8S. The van der Waals surface area contributed by atoms with Crippen LogP contribution in [0.3, 0.4) is 0 Å². The van der Waals surface area contributed by atoms with Gasteiger partial charge in [0, 0.05) is 25.2 Å². The largest absolute Gasteiger partial charge is 0.493 e. The first-order valence-corrected chi connectivity index (χ1v) is 11.8. The summed E-state index contributed by atoms with van der Waals surface area (Å²) in [5.74, 6) is 0.441. The molecule has 0 aliphatic carbocycles. The Labute approximate surface area is 202 Å². The number of ether oxygens (including phenoxy) is 3. The molecule has 3 aromatic rings. The van der Waals surface area contributed by atoms with E-state index in [1.165, 1.54) is 37.8 Å². The Bertz CT molecular complexity index is 1310. The summed E-state index contributed by atoms with van der Waals surface area (Å²) in [5.41, 5.74) is 1.39. The lowest BCUT2D eigenvalue weighted by atomic mass is 10.1. The lowest BCUT2D eigenvalue weighted by Crippen LogP contribution is -2.30. The van der Waals surface area contributed by atoms with Crippen LogP contribution in [0.15, 0.2) is 71.6 Å². The van der Waals surface area contributed by atoms with Gasteiger partial charge in [0.05, 0.1) is 36.7 Å². The maximum absolute atomic E-state index is 13.5. The number of nitro benzene ring substituents is 1. The van der Waals surface area contributed by atoms with E-state index < -0.39 is 20.9 Å². The first-order valence-electron chi connectivity index (χ1n) is 10.3. The highest BCUT2D eigenvalue weighted by molar-refractivity contribution is 7.89. The van der Waals surface area contributed by atoms with E-state index in [0.29, 0.717) is 28.2 Å². The summed E-state index contributed by atoms with van der Waals surface area (Å²) < 4.78 is 43.6. The summed E-state index contributed by atoms with van der Waals surface area (Å²) in [7, 11) is 0.199. The molecule has 0 heterocycles. The zero-order valence-corrected chi connectivity index (χ0v) is 20.2. The molecule has 184 valence electrons. The third kappa shape index (κ3) is 5.94. The molecule has 3 aromatic carbocycles. The molecule has 35 heavy (non-hydrogen) atoms. The molecule has 0 aliphatic rings. The molecule has 10 nitrogen and oxygen atoms in total. The van der Waals surface area contributed by atoms with Gasteiger partial charge < -0.3 is 14.2 Å². The van der Waals surface area contributed by atoms with Crippen molar-refractivity contribution in [3.05, 3.63) is 93.5 Å². The van der Waals surface area contributed by atoms with Gasteiger partial charge in [-0.2, -0.15) is 4.31 Å². The quantitative estimate of drug-likeness (QED) is 0.234. The number of methoxy groups -OCH3 is 3. The van der Waals surface area contributed by atoms with Gasteiger partial charge in [0.1, 0.15) is 0 Å². The summed E-state index contributed by atoms with van der Waals surface area (Å²) in [6, 6.07) is 16.2. The van der Waals surface area contributed by atoms with E-state index in [1.807, 2.05) is 0 Å². The molecule has 0 amide bonds. The van der Waals surface area contributed by atoms with Gasteiger partial charge in [-0.3, -0.25) is 10.1 Å². The molecular weight excluding hydrogens is 476 g/mol. The average molecular weight is 501 g/mol. The second-order valence-electron chi connectivity index (χ2n) is 7.40. The summed E-state index contributed by atoms with van der Waals surface area (Å²) in [5, 5.41) is 11.0. The van der Waals surface area contributed by atoms with Gasteiger partial charge in [-0.1, -0.05) is 18.2 Å². The fourth-order valence-electron chi connectivity index (χ4n) is 3.37. The number of benzene rings is 3. The van der Waals surface area contributed by atoms with Crippen LogP contribution in [0.4, 0.5) is 5.69 Å². The molecule has 0 unspecified atom stereocenters. The molecule has 0 atom stereocenters. The number of hydrogen-bond acceptors (Lipinski definition) is 8. The number of non-ortho nitro benzene ring substituents is 1. The molecule has 11 heteroatoms. The van der Waals surface area contributed by atoms with Crippen LogP contribution in [-0.2, 0) is 27.8 Å². The standard InChI is InChI=1S/C24H24N2O8S/c1-32-22-13-6-18(14-23(22)33-2)16-25(15-17-4-7-19(8-5-17)24(27)34-3)35(30,31)21-11-9-20(10-12-21)26(28)29/h4-14H,15-16H2,1-3H3. The second-order valence-corrected chi connectivity index (χ2v) is 9.34. The zero-order valence-electron chi connectivity index (χ0n) is 19.3. The van der Waals surface area contributed by atoms with Crippen molar-refractivity contribution in [3.8, 4) is 11.5 Å². The van der Waals surface area contributed by atoms with E-state index in [-0.39, 0.29) is 23.7 Å².